The molecule has 1 amide bonds. The molecule has 2 N–H and O–H groups in total. The topological polar surface area (TPSA) is 70.2 Å². The van der Waals surface area contributed by atoms with Crippen molar-refractivity contribution in [3.8, 4) is 0 Å². The van der Waals surface area contributed by atoms with Crippen molar-refractivity contribution < 1.29 is 4.79 Å². The maximum Gasteiger partial charge on any atom is 0.239 e. The van der Waals surface area contributed by atoms with E-state index in [9.17, 15) is 4.79 Å². The normalized spacial score (nSPS) is 10.7. The third-order valence-corrected chi connectivity index (χ3v) is 2.72. The Balaban J connectivity index is 2.62. The smallest absolute Gasteiger partial charge is 0.239 e. The highest BCUT2D eigenvalue weighted by atomic mass is 16.2. The Morgan fingerprint density at radius 2 is 1.95 bits per heavy atom. The molecule has 112 valence electrons. The van der Waals surface area contributed by atoms with Crippen molar-refractivity contribution in [3.63, 3.8) is 0 Å². The molecule has 0 bridgehead atoms. The second-order valence-corrected chi connectivity index (χ2v) is 4.91. The number of hydrogen-bond donors (Lipinski definition) is 2. The SMILES string of the molecule is CCNCc1cnc(N(CC)CC(=O)NC(C)C)nc1. The van der Waals surface area contributed by atoms with E-state index in [0.717, 1.165) is 18.7 Å². The van der Waals surface area contributed by atoms with Gasteiger partial charge in [0.1, 0.15) is 0 Å². The van der Waals surface area contributed by atoms with Gasteiger partial charge in [-0.15, -0.1) is 0 Å². The van der Waals surface area contributed by atoms with E-state index in [1.807, 2.05) is 25.7 Å². The molecule has 6 heteroatoms. The summed E-state index contributed by atoms with van der Waals surface area (Å²) in [5.74, 6) is 0.578. The first-order chi connectivity index (χ1) is 9.56. The van der Waals surface area contributed by atoms with Crippen LogP contribution in [0, 0.1) is 0 Å². The van der Waals surface area contributed by atoms with Crippen molar-refractivity contribution in [2.75, 3.05) is 24.5 Å². The zero-order valence-electron chi connectivity index (χ0n) is 12.8. The molecule has 20 heavy (non-hydrogen) atoms. The van der Waals surface area contributed by atoms with E-state index < -0.39 is 0 Å². The molecular weight excluding hydrogens is 254 g/mol. The zero-order chi connectivity index (χ0) is 15.0. The van der Waals surface area contributed by atoms with Crippen molar-refractivity contribution in [1.29, 1.82) is 0 Å². The van der Waals surface area contributed by atoms with Crippen molar-refractivity contribution in [2.45, 2.75) is 40.3 Å². The van der Waals surface area contributed by atoms with Gasteiger partial charge in [-0.1, -0.05) is 6.92 Å². The van der Waals surface area contributed by atoms with E-state index >= 15 is 0 Å². The third-order valence-electron chi connectivity index (χ3n) is 2.72. The minimum Gasteiger partial charge on any atom is -0.352 e. The summed E-state index contributed by atoms with van der Waals surface area (Å²) in [5.41, 5.74) is 1.04. The Labute approximate surface area is 121 Å². The number of anilines is 1. The minimum absolute atomic E-state index is 0.0119. The van der Waals surface area contributed by atoms with Crippen LogP contribution in [-0.4, -0.2) is 41.6 Å². The van der Waals surface area contributed by atoms with Crippen LogP contribution >= 0.6 is 0 Å². The van der Waals surface area contributed by atoms with Gasteiger partial charge in [-0.25, -0.2) is 9.97 Å². The fourth-order valence-electron chi connectivity index (χ4n) is 1.74. The molecule has 0 radical (unpaired) electrons. The average Bonchev–Trinajstić information content (AvgIpc) is 2.42. The zero-order valence-corrected chi connectivity index (χ0v) is 12.8. The number of carbonyl (C=O) groups is 1. The third kappa shape index (κ3) is 5.52. The minimum atomic E-state index is -0.0119. The summed E-state index contributed by atoms with van der Waals surface area (Å²) in [6, 6.07) is 0.143. The molecule has 0 spiro atoms. The Morgan fingerprint density at radius 3 is 2.45 bits per heavy atom. The molecule has 1 aromatic heterocycles. The van der Waals surface area contributed by atoms with Crippen LogP contribution in [0.4, 0.5) is 5.95 Å². The molecule has 0 atom stereocenters. The van der Waals surface area contributed by atoms with E-state index in [2.05, 4.69) is 27.5 Å². The summed E-state index contributed by atoms with van der Waals surface area (Å²) in [6.07, 6.45) is 3.60. The Morgan fingerprint density at radius 1 is 1.30 bits per heavy atom. The molecular formula is C14H25N5O. The number of rotatable bonds is 8. The maximum atomic E-state index is 11.8. The predicted molar refractivity (Wildman–Crippen MR) is 80.6 cm³/mol. The van der Waals surface area contributed by atoms with Crippen LogP contribution in [0.1, 0.15) is 33.3 Å². The van der Waals surface area contributed by atoms with Crippen LogP contribution in [-0.2, 0) is 11.3 Å². The first kappa shape index (κ1) is 16.4. The first-order valence-electron chi connectivity index (χ1n) is 7.12. The second kappa shape index (κ2) is 8.47. The lowest BCUT2D eigenvalue weighted by Crippen LogP contribution is -2.40. The molecule has 1 aromatic rings. The molecule has 0 aliphatic heterocycles. The van der Waals surface area contributed by atoms with Gasteiger partial charge in [0, 0.05) is 37.1 Å². The van der Waals surface area contributed by atoms with Gasteiger partial charge in [-0.3, -0.25) is 4.79 Å². The highest BCUT2D eigenvalue weighted by Crippen LogP contribution is 2.06. The fraction of sp³-hybridized carbons (Fsp3) is 0.643. The molecule has 0 unspecified atom stereocenters. The lowest BCUT2D eigenvalue weighted by Gasteiger charge is -2.21. The number of amides is 1. The quantitative estimate of drug-likeness (QED) is 0.741. The summed E-state index contributed by atoms with van der Waals surface area (Å²) in [4.78, 5) is 22.3. The molecule has 0 aliphatic rings. The van der Waals surface area contributed by atoms with Gasteiger partial charge < -0.3 is 15.5 Å². The molecule has 1 rings (SSSR count). The summed E-state index contributed by atoms with van der Waals surface area (Å²) in [7, 11) is 0. The summed E-state index contributed by atoms with van der Waals surface area (Å²) in [5, 5.41) is 6.09. The summed E-state index contributed by atoms with van der Waals surface area (Å²) in [6.45, 7) is 10.6. The molecule has 0 aliphatic carbocycles. The molecule has 0 fully saturated rings. The summed E-state index contributed by atoms with van der Waals surface area (Å²) < 4.78 is 0. The van der Waals surface area contributed by atoms with Crippen LogP contribution in [0.3, 0.4) is 0 Å². The van der Waals surface area contributed by atoms with Crippen LogP contribution in [0.25, 0.3) is 0 Å². The number of nitrogens with one attached hydrogen (secondary N) is 2. The van der Waals surface area contributed by atoms with Crippen LogP contribution < -0.4 is 15.5 Å². The van der Waals surface area contributed by atoms with Gasteiger partial charge in [0.15, 0.2) is 0 Å². The average molecular weight is 279 g/mol. The molecule has 0 saturated carbocycles. The number of likely N-dealkylation sites (N-methyl/N-ethyl adjacent to an activating group) is 1. The van der Waals surface area contributed by atoms with Crippen LogP contribution in [0.15, 0.2) is 12.4 Å². The highest BCUT2D eigenvalue weighted by Gasteiger charge is 2.12. The van der Waals surface area contributed by atoms with E-state index in [0.29, 0.717) is 12.5 Å². The highest BCUT2D eigenvalue weighted by molar-refractivity contribution is 5.80. The van der Waals surface area contributed by atoms with Gasteiger partial charge in [-0.2, -0.15) is 0 Å². The van der Waals surface area contributed by atoms with Crippen molar-refractivity contribution in [2.24, 2.45) is 0 Å². The Hall–Kier alpha value is -1.69. The van der Waals surface area contributed by atoms with Crippen LogP contribution in [0.2, 0.25) is 0 Å². The molecule has 1 heterocycles. The van der Waals surface area contributed by atoms with Gasteiger partial charge >= 0.3 is 0 Å². The number of carbonyl (C=O) groups excluding carboxylic acids is 1. The fourth-order valence-corrected chi connectivity index (χ4v) is 1.74. The van der Waals surface area contributed by atoms with Gasteiger partial charge in [0.25, 0.3) is 0 Å². The van der Waals surface area contributed by atoms with Crippen molar-refractivity contribution in [1.82, 2.24) is 20.6 Å². The standard InChI is InChI=1S/C14H25N5O/c1-5-15-7-12-8-16-14(17-9-12)19(6-2)10-13(20)18-11(3)4/h8-9,11,15H,5-7,10H2,1-4H3,(H,18,20). The summed E-state index contributed by atoms with van der Waals surface area (Å²) >= 11 is 0. The largest absolute Gasteiger partial charge is 0.352 e. The number of nitrogens with zero attached hydrogens (tertiary/aromatic N) is 3. The molecule has 6 nitrogen and oxygen atoms in total. The van der Waals surface area contributed by atoms with E-state index in [1.165, 1.54) is 0 Å². The second-order valence-electron chi connectivity index (χ2n) is 4.91. The van der Waals surface area contributed by atoms with Crippen molar-refractivity contribution in [3.05, 3.63) is 18.0 Å². The van der Waals surface area contributed by atoms with Crippen molar-refractivity contribution >= 4 is 11.9 Å². The molecule has 0 aromatic carbocycles. The lowest BCUT2D eigenvalue weighted by molar-refractivity contribution is -0.120. The maximum absolute atomic E-state index is 11.8. The monoisotopic (exact) mass is 279 g/mol. The van der Waals surface area contributed by atoms with Gasteiger partial charge in [0.2, 0.25) is 11.9 Å². The van der Waals surface area contributed by atoms with E-state index in [1.54, 1.807) is 12.4 Å². The first-order valence-corrected chi connectivity index (χ1v) is 7.12. The molecule has 0 saturated heterocycles. The van der Waals surface area contributed by atoms with Crippen LogP contribution in [0.5, 0.6) is 0 Å². The van der Waals surface area contributed by atoms with Gasteiger partial charge in [-0.05, 0) is 27.3 Å². The Bertz CT molecular complexity index is 405. The number of hydrogen-bond acceptors (Lipinski definition) is 5. The Kier molecular flexibility index (Phi) is 6.93. The van der Waals surface area contributed by atoms with E-state index in [4.69, 9.17) is 0 Å². The lowest BCUT2D eigenvalue weighted by atomic mass is 10.3. The van der Waals surface area contributed by atoms with E-state index in [-0.39, 0.29) is 18.5 Å². The predicted octanol–water partition coefficient (Wildman–Crippen LogP) is 0.937. The number of aromatic nitrogens is 2. The van der Waals surface area contributed by atoms with Gasteiger partial charge in [0.05, 0.1) is 6.54 Å².